The number of piperidine rings is 1. The standard InChI is InChI=1S/C14H21NO2Si/c1-9-18(16-7,17-8)15-13(5)11(3)10(2)12(4)14(15)6/h2-6,9H2,1,7-8H3. The molecule has 0 bridgehead atoms. The fraction of sp³-hybridized carbons (Fsp3) is 0.286. The largest absolute Gasteiger partial charge is 0.463 e. The van der Waals surface area contributed by atoms with Crippen LogP contribution in [-0.4, -0.2) is 27.5 Å². The Morgan fingerprint density at radius 1 is 0.889 bits per heavy atom. The fourth-order valence-electron chi connectivity index (χ4n) is 2.09. The molecule has 0 atom stereocenters. The Morgan fingerprint density at radius 3 is 1.56 bits per heavy atom. The predicted molar refractivity (Wildman–Crippen MR) is 77.8 cm³/mol. The molecule has 0 spiro atoms. The maximum absolute atomic E-state index is 5.66. The van der Waals surface area contributed by atoms with E-state index in [0.29, 0.717) is 0 Å². The molecular formula is C14H21NO2Si. The smallest absolute Gasteiger partial charge is 0.381 e. The molecule has 3 nitrogen and oxygen atoms in total. The topological polar surface area (TPSA) is 21.7 Å². The molecule has 0 aliphatic carbocycles. The average molecular weight is 263 g/mol. The quantitative estimate of drug-likeness (QED) is 0.727. The second-order valence-corrected chi connectivity index (χ2v) is 7.54. The molecular weight excluding hydrogens is 242 g/mol. The van der Waals surface area contributed by atoms with Crippen LogP contribution in [0.25, 0.3) is 0 Å². The zero-order valence-corrected chi connectivity index (χ0v) is 12.5. The summed E-state index contributed by atoms with van der Waals surface area (Å²) in [7, 11) is 0.711. The van der Waals surface area contributed by atoms with E-state index in [0.717, 1.165) is 34.2 Å². The van der Waals surface area contributed by atoms with Gasteiger partial charge in [0.15, 0.2) is 0 Å². The van der Waals surface area contributed by atoms with E-state index in [4.69, 9.17) is 8.85 Å². The van der Waals surface area contributed by atoms with Gasteiger partial charge in [-0.2, -0.15) is 0 Å². The van der Waals surface area contributed by atoms with Crippen LogP contribution in [0.2, 0.25) is 6.04 Å². The van der Waals surface area contributed by atoms with Crippen molar-refractivity contribution in [2.24, 2.45) is 0 Å². The molecule has 0 aromatic heterocycles. The lowest BCUT2D eigenvalue weighted by molar-refractivity contribution is 0.195. The zero-order chi connectivity index (χ0) is 14.1. The molecule has 0 radical (unpaired) electrons. The zero-order valence-electron chi connectivity index (χ0n) is 11.5. The summed E-state index contributed by atoms with van der Waals surface area (Å²) in [5, 5.41) is 0. The highest BCUT2D eigenvalue weighted by molar-refractivity contribution is 6.65. The molecule has 0 N–H and O–H groups in total. The molecule has 1 saturated heterocycles. The third-order valence-corrected chi connectivity index (χ3v) is 6.78. The maximum atomic E-state index is 5.66. The van der Waals surface area contributed by atoms with E-state index < -0.39 is 8.72 Å². The molecule has 0 saturated carbocycles. The predicted octanol–water partition coefficient (Wildman–Crippen LogP) is 3.25. The van der Waals surface area contributed by atoms with E-state index in [-0.39, 0.29) is 0 Å². The van der Waals surface area contributed by atoms with Gasteiger partial charge in [0.25, 0.3) is 0 Å². The summed E-state index contributed by atoms with van der Waals surface area (Å²) in [6, 6.07) is 0.741. The summed E-state index contributed by atoms with van der Waals surface area (Å²) in [4.78, 5) is 0. The molecule has 0 amide bonds. The summed E-state index contributed by atoms with van der Waals surface area (Å²) < 4.78 is 13.2. The molecule has 1 rings (SSSR count). The minimum Gasteiger partial charge on any atom is -0.381 e. The molecule has 1 heterocycles. The minimum absolute atomic E-state index is 0.731. The van der Waals surface area contributed by atoms with Crippen LogP contribution in [0, 0.1) is 0 Å². The lowest BCUT2D eigenvalue weighted by atomic mass is 9.94. The van der Waals surface area contributed by atoms with Crippen molar-refractivity contribution in [1.82, 2.24) is 4.57 Å². The first kappa shape index (κ1) is 14.7. The van der Waals surface area contributed by atoms with Crippen molar-refractivity contribution in [3.05, 3.63) is 61.0 Å². The van der Waals surface area contributed by atoms with Gasteiger partial charge in [-0.15, -0.1) is 0 Å². The van der Waals surface area contributed by atoms with Crippen molar-refractivity contribution in [3.8, 4) is 0 Å². The monoisotopic (exact) mass is 263 g/mol. The highest BCUT2D eigenvalue weighted by Crippen LogP contribution is 2.41. The van der Waals surface area contributed by atoms with Crippen LogP contribution < -0.4 is 0 Å². The van der Waals surface area contributed by atoms with Crippen molar-refractivity contribution >= 4 is 8.72 Å². The number of nitrogens with zero attached hydrogens (tertiary/aromatic N) is 1. The van der Waals surface area contributed by atoms with Crippen LogP contribution in [0.3, 0.4) is 0 Å². The first-order valence-electron chi connectivity index (χ1n) is 5.72. The lowest BCUT2D eigenvalue weighted by Crippen LogP contribution is -2.57. The number of allylic oxidation sites excluding steroid dienone is 2. The highest BCUT2D eigenvalue weighted by Gasteiger charge is 2.47. The van der Waals surface area contributed by atoms with E-state index in [9.17, 15) is 0 Å². The SMILES string of the molecule is C=C1C(=C)C(=C)N([Si](CC)(OC)OC)C(=C)C1=C. The third kappa shape index (κ3) is 1.92. The second kappa shape index (κ2) is 5.10. The molecule has 18 heavy (non-hydrogen) atoms. The summed E-state index contributed by atoms with van der Waals surface area (Å²) in [6.07, 6.45) is 0. The van der Waals surface area contributed by atoms with Crippen molar-refractivity contribution in [2.75, 3.05) is 14.2 Å². The van der Waals surface area contributed by atoms with Crippen LogP contribution in [0.1, 0.15) is 6.92 Å². The minimum atomic E-state index is -2.58. The van der Waals surface area contributed by atoms with E-state index >= 15 is 0 Å². The molecule has 98 valence electrons. The molecule has 0 unspecified atom stereocenters. The summed E-state index contributed by atoms with van der Waals surface area (Å²) in [5.41, 5.74) is 3.75. The average Bonchev–Trinajstić information content (AvgIpc) is 2.39. The van der Waals surface area contributed by atoms with E-state index in [1.807, 2.05) is 11.5 Å². The second-order valence-electron chi connectivity index (χ2n) is 4.14. The number of rotatable bonds is 4. The Labute approximate surface area is 111 Å². The van der Waals surface area contributed by atoms with E-state index in [2.05, 4.69) is 32.9 Å². The van der Waals surface area contributed by atoms with Gasteiger partial charge in [0.2, 0.25) is 0 Å². The van der Waals surface area contributed by atoms with Crippen molar-refractivity contribution in [2.45, 2.75) is 13.0 Å². The van der Waals surface area contributed by atoms with Crippen molar-refractivity contribution in [1.29, 1.82) is 0 Å². The molecule has 1 aliphatic rings. The Hall–Kier alpha value is -1.36. The molecule has 4 heteroatoms. The molecule has 0 aromatic rings. The van der Waals surface area contributed by atoms with Gasteiger partial charge in [-0.25, -0.2) is 0 Å². The summed E-state index contributed by atoms with van der Waals surface area (Å²) in [5.74, 6) is 0. The van der Waals surface area contributed by atoms with Gasteiger partial charge in [0, 0.05) is 31.7 Å². The van der Waals surface area contributed by atoms with E-state index in [1.54, 1.807) is 14.2 Å². The summed E-state index contributed by atoms with van der Waals surface area (Å²) in [6.45, 7) is 22.1. The molecule has 1 fully saturated rings. The van der Waals surface area contributed by atoms with Crippen molar-refractivity contribution < 1.29 is 8.85 Å². The van der Waals surface area contributed by atoms with Gasteiger partial charge in [-0.3, -0.25) is 0 Å². The lowest BCUT2D eigenvalue weighted by Gasteiger charge is -2.45. The van der Waals surface area contributed by atoms with Crippen LogP contribution in [0.15, 0.2) is 61.0 Å². The number of hydrogen-bond donors (Lipinski definition) is 0. The van der Waals surface area contributed by atoms with Crippen LogP contribution >= 0.6 is 0 Å². The maximum Gasteiger partial charge on any atom is 0.463 e. The Kier molecular flexibility index (Phi) is 4.16. The van der Waals surface area contributed by atoms with Gasteiger partial charge < -0.3 is 13.4 Å². The Bertz CT molecular complexity index is 408. The number of hydrogen-bond acceptors (Lipinski definition) is 3. The Morgan fingerprint density at radius 2 is 1.28 bits per heavy atom. The van der Waals surface area contributed by atoms with Gasteiger partial charge >= 0.3 is 8.72 Å². The third-order valence-electron chi connectivity index (χ3n) is 3.39. The van der Waals surface area contributed by atoms with Crippen LogP contribution in [-0.2, 0) is 8.85 Å². The van der Waals surface area contributed by atoms with Gasteiger partial charge in [-0.1, -0.05) is 39.8 Å². The first-order valence-corrected chi connectivity index (χ1v) is 7.69. The van der Waals surface area contributed by atoms with E-state index in [1.165, 1.54) is 0 Å². The molecule has 0 aromatic carbocycles. The Balaban J connectivity index is 3.33. The van der Waals surface area contributed by atoms with Crippen LogP contribution in [0.4, 0.5) is 0 Å². The first-order chi connectivity index (χ1) is 8.36. The fourth-order valence-corrected chi connectivity index (χ4v) is 4.61. The van der Waals surface area contributed by atoms with Crippen molar-refractivity contribution in [3.63, 3.8) is 0 Å². The highest BCUT2D eigenvalue weighted by atomic mass is 28.4. The summed E-state index contributed by atoms with van der Waals surface area (Å²) >= 11 is 0. The van der Waals surface area contributed by atoms with Crippen LogP contribution in [0.5, 0.6) is 0 Å². The molecule has 1 aliphatic heterocycles. The normalized spacial score (nSPS) is 17.7. The van der Waals surface area contributed by atoms with Gasteiger partial charge in [-0.05, 0) is 16.7 Å². The van der Waals surface area contributed by atoms with Gasteiger partial charge in [0.05, 0.1) is 0 Å². The van der Waals surface area contributed by atoms with Gasteiger partial charge in [0.1, 0.15) is 0 Å².